The van der Waals surface area contributed by atoms with Crippen LogP contribution in [-0.4, -0.2) is 78.4 Å². The summed E-state index contributed by atoms with van der Waals surface area (Å²) in [6.07, 6.45) is 4.66. The van der Waals surface area contributed by atoms with Crippen LogP contribution in [-0.2, 0) is 28.7 Å². The first kappa shape index (κ1) is 42.7. The highest BCUT2D eigenvalue weighted by atomic mass is 16.6. The number of rotatable bonds is 12. The Kier molecular flexibility index (Phi) is 17.6. The molecule has 0 bridgehead atoms. The number of likely N-dealkylation sites (tertiary alicyclic amines) is 1. The van der Waals surface area contributed by atoms with Crippen molar-refractivity contribution in [2.75, 3.05) is 20.2 Å². The first-order valence-electron chi connectivity index (χ1n) is 17.8. The molecule has 2 aromatic rings. The second-order valence-corrected chi connectivity index (χ2v) is 12.9. The van der Waals surface area contributed by atoms with E-state index in [2.05, 4.69) is 46.6 Å². The SMILES string of the molecule is C.CCC(NC(=O)OCC1c2ccccc2-c2ccccc21)C(=O)NC.CCCC1CC(=O)N(C(CC)C(N)=O)C1.CCCC1CC(=O)OC1O. The molecular formula is C39H58N4O8. The molecular weight excluding hydrogens is 652 g/mol. The van der Waals surface area contributed by atoms with Gasteiger partial charge in [-0.1, -0.05) is 96.5 Å². The smallest absolute Gasteiger partial charge is 0.407 e. The summed E-state index contributed by atoms with van der Waals surface area (Å²) < 4.78 is 9.98. The number of alkyl carbamates (subject to hydrolysis) is 1. The number of likely N-dealkylation sites (N-methyl/N-ethyl adjacent to an activating group) is 1. The van der Waals surface area contributed by atoms with Crippen LogP contribution in [0.1, 0.15) is 104 Å². The van der Waals surface area contributed by atoms with Crippen LogP contribution >= 0.6 is 0 Å². The third-order valence-electron chi connectivity index (χ3n) is 9.38. The molecule has 0 saturated carbocycles. The van der Waals surface area contributed by atoms with E-state index in [9.17, 15) is 24.0 Å². The minimum atomic E-state index is -0.840. The van der Waals surface area contributed by atoms with Crippen molar-refractivity contribution in [2.45, 2.75) is 111 Å². The van der Waals surface area contributed by atoms with Gasteiger partial charge in [0.1, 0.15) is 18.7 Å². The fraction of sp³-hybridized carbons (Fsp3) is 0.564. The fourth-order valence-electron chi connectivity index (χ4n) is 6.81. The Labute approximate surface area is 302 Å². The van der Waals surface area contributed by atoms with E-state index in [1.165, 1.54) is 11.1 Å². The summed E-state index contributed by atoms with van der Waals surface area (Å²) in [6.45, 7) is 8.80. The first-order valence-corrected chi connectivity index (χ1v) is 17.8. The third-order valence-corrected chi connectivity index (χ3v) is 9.38. The van der Waals surface area contributed by atoms with Crippen LogP contribution in [0.15, 0.2) is 48.5 Å². The van der Waals surface area contributed by atoms with Gasteiger partial charge >= 0.3 is 12.1 Å². The van der Waals surface area contributed by atoms with Crippen molar-refractivity contribution in [3.63, 3.8) is 0 Å². The number of benzene rings is 2. The molecule has 5 atom stereocenters. The molecule has 2 aromatic carbocycles. The maximum Gasteiger partial charge on any atom is 0.407 e. The number of nitrogens with zero attached hydrogens (tertiary/aromatic N) is 1. The summed E-state index contributed by atoms with van der Waals surface area (Å²) in [5, 5.41) is 14.2. The van der Waals surface area contributed by atoms with Gasteiger partial charge < -0.3 is 35.8 Å². The Balaban J connectivity index is 0.000000294. The van der Waals surface area contributed by atoms with Crippen molar-refractivity contribution < 1.29 is 38.6 Å². The number of cyclic esters (lactones) is 1. The molecule has 0 aromatic heterocycles. The number of hydrogen-bond acceptors (Lipinski definition) is 8. The van der Waals surface area contributed by atoms with E-state index in [1.54, 1.807) is 11.9 Å². The van der Waals surface area contributed by atoms with E-state index >= 15 is 0 Å². The minimum absolute atomic E-state index is 0. The molecule has 2 saturated heterocycles. The third kappa shape index (κ3) is 11.5. The van der Waals surface area contributed by atoms with Gasteiger partial charge in [0.05, 0.1) is 6.42 Å². The van der Waals surface area contributed by atoms with Crippen LogP contribution in [0.25, 0.3) is 11.1 Å². The van der Waals surface area contributed by atoms with E-state index in [1.807, 2.05) is 45.0 Å². The second-order valence-electron chi connectivity index (χ2n) is 12.9. The number of aliphatic hydroxyl groups excluding tert-OH is 1. The zero-order valence-electron chi connectivity index (χ0n) is 30.0. The number of nitrogens with one attached hydrogen (secondary N) is 2. The summed E-state index contributed by atoms with van der Waals surface area (Å²) >= 11 is 0. The fourth-order valence-corrected chi connectivity index (χ4v) is 6.81. The molecule has 2 heterocycles. The van der Waals surface area contributed by atoms with Crippen LogP contribution in [0, 0.1) is 11.8 Å². The maximum absolute atomic E-state index is 12.1. The number of hydrogen-bond donors (Lipinski definition) is 4. The topological polar surface area (TPSA) is 177 Å². The predicted molar refractivity (Wildman–Crippen MR) is 196 cm³/mol. The minimum Gasteiger partial charge on any atom is -0.449 e. The molecule has 0 radical (unpaired) electrons. The van der Waals surface area contributed by atoms with Crippen LogP contribution in [0.3, 0.4) is 0 Å². The number of aliphatic hydroxyl groups is 1. The molecule has 51 heavy (non-hydrogen) atoms. The quantitative estimate of drug-likeness (QED) is 0.216. The molecule has 2 aliphatic heterocycles. The molecule has 5 N–H and O–H groups in total. The summed E-state index contributed by atoms with van der Waals surface area (Å²) in [5.41, 5.74) is 9.97. The van der Waals surface area contributed by atoms with Crippen molar-refractivity contribution >= 4 is 29.8 Å². The lowest BCUT2D eigenvalue weighted by Crippen LogP contribution is -2.45. The molecule has 2 fully saturated rings. The van der Waals surface area contributed by atoms with E-state index in [0.29, 0.717) is 38.1 Å². The molecule has 12 nitrogen and oxygen atoms in total. The maximum atomic E-state index is 12.1. The second kappa shape index (κ2) is 21.0. The Morgan fingerprint density at radius 2 is 1.53 bits per heavy atom. The van der Waals surface area contributed by atoms with Gasteiger partial charge in [0, 0.05) is 31.8 Å². The number of ether oxygens (including phenoxy) is 2. The van der Waals surface area contributed by atoms with Gasteiger partial charge in [-0.05, 0) is 53.9 Å². The van der Waals surface area contributed by atoms with Crippen LogP contribution < -0.4 is 16.4 Å². The molecule has 4 amide bonds. The number of nitrogens with two attached hydrogens (primary N) is 1. The van der Waals surface area contributed by atoms with Gasteiger partial charge in [0.15, 0.2) is 0 Å². The lowest BCUT2D eigenvalue weighted by Gasteiger charge is -2.24. The summed E-state index contributed by atoms with van der Waals surface area (Å²) in [5.74, 6) is -0.337. The highest BCUT2D eigenvalue weighted by molar-refractivity contribution is 5.88. The highest BCUT2D eigenvalue weighted by Gasteiger charge is 2.35. The molecule has 3 aliphatic rings. The van der Waals surface area contributed by atoms with E-state index in [0.717, 1.165) is 36.8 Å². The van der Waals surface area contributed by atoms with E-state index < -0.39 is 24.5 Å². The number of esters is 1. The van der Waals surface area contributed by atoms with Crippen LogP contribution in [0.2, 0.25) is 0 Å². The predicted octanol–water partition coefficient (Wildman–Crippen LogP) is 5.25. The summed E-state index contributed by atoms with van der Waals surface area (Å²) in [4.78, 5) is 58.8. The average Bonchev–Trinajstić information content (AvgIpc) is 3.74. The van der Waals surface area contributed by atoms with Crippen molar-refractivity contribution in [1.82, 2.24) is 15.5 Å². The summed E-state index contributed by atoms with van der Waals surface area (Å²) in [6, 6.07) is 15.4. The monoisotopic (exact) mass is 710 g/mol. The van der Waals surface area contributed by atoms with Crippen LogP contribution in [0.4, 0.5) is 4.79 Å². The van der Waals surface area contributed by atoms with Gasteiger partial charge in [-0.2, -0.15) is 0 Å². The van der Waals surface area contributed by atoms with Crippen molar-refractivity contribution in [3.8, 4) is 11.1 Å². The van der Waals surface area contributed by atoms with Crippen molar-refractivity contribution in [1.29, 1.82) is 0 Å². The molecule has 0 spiro atoms. The first-order chi connectivity index (χ1) is 24.0. The number of fused-ring (bicyclic) bond motifs is 3. The van der Waals surface area contributed by atoms with E-state index in [4.69, 9.17) is 15.6 Å². The highest BCUT2D eigenvalue weighted by Crippen LogP contribution is 2.44. The normalized spacial score (nSPS) is 19.8. The number of carbonyl (C=O) groups excluding carboxylic acids is 5. The molecule has 12 heteroatoms. The molecule has 282 valence electrons. The Hall–Kier alpha value is -4.45. The number of primary amides is 1. The lowest BCUT2D eigenvalue weighted by molar-refractivity contribution is -0.156. The largest absolute Gasteiger partial charge is 0.449 e. The lowest BCUT2D eigenvalue weighted by atomic mass is 9.98. The Bertz CT molecular complexity index is 1420. The Morgan fingerprint density at radius 3 is 2.00 bits per heavy atom. The zero-order valence-corrected chi connectivity index (χ0v) is 30.0. The average molecular weight is 711 g/mol. The van der Waals surface area contributed by atoms with Crippen molar-refractivity contribution in [2.24, 2.45) is 17.6 Å². The number of carbonyl (C=O) groups is 5. The van der Waals surface area contributed by atoms with Gasteiger partial charge in [-0.15, -0.1) is 0 Å². The molecule has 5 rings (SSSR count). The standard InChI is InChI=1S/C20H22N2O3.C11H20N2O2.C7H12O3.CH4/c1-3-18(19(23)21-2)22-20(24)25-12-17-15-10-6-4-8-13(15)14-9-5-7-11-16(14)17;1-3-5-8-6-10(14)13(7-8)9(4-2)11(12)15;1-2-3-5-4-6(8)10-7(5)9;/h4-11,17-18H,3,12H2,1-2H3,(H,21,23)(H,22,24);8-9H,3-7H2,1-2H3,(H2,12,15);5,7,9H,2-4H2,1H3;1H4. The van der Waals surface area contributed by atoms with Gasteiger partial charge in [0.2, 0.25) is 24.0 Å². The van der Waals surface area contributed by atoms with Gasteiger partial charge in [-0.25, -0.2) is 4.79 Å². The number of amides is 4. The van der Waals surface area contributed by atoms with Gasteiger partial charge in [0.25, 0.3) is 0 Å². The van der Waals surface area contributed by atoms with Gasteiger partial charge in [-0.3, -0.25) is 19.2 Å². The molecule has 5 unspecified atom stereocenters. The Morgan fingerprint density at radius 1 is 0.941 bits per heavy atom. The summed E-state index contributed by atoms with van der Waals surface area (Å²) in [7, 11) is 1.55. The molecule has 1 aliphatic carbocycles. The van der Waals surface area contributed by atoms with Crippen LogP contribution in [0.5, 0.6) is 0 Å². The van der Waals surface area contributed by atoms with Crippen molar-refractivity contribution in [3.05, 3.63) is 59.7 Å². The van der Waals surface area contributed by atoms with E-state index in [-0.39, 0.29) is 49.6 Å². The zero-order chi connectivity index (χ0) is 36.8.